The van der Waals surface area contributed by atoms with Crippen LogP contribution in [0, 0.1) is 0 Å². The van der Waals surface area contributed by atoms with Gasteiger partial charge in [0.1, 0.15) is 6.21 Å². The topological polar surface area (TPSA) is 61.7 Å². The first-order valence-corrected chi connectivity index (χ1v) is 5.70. The van der Waals surface area contributed by atoms with Crippen molar-refractivity contribution in [3.05, 3.63) is 35.9 Å². The third kappa shape index (κ3) is 3.86. The van der Waals surface area contributed by atoms with E-state index >= 15 is 0 Å². The number of anilines is 1. The van der Waals surface area contributed by atoms with Crippen LogP contribution in [0.25, 0.3) is 6.08 Å². The highest BCUT2D eigenvalue weighted by Gasteiger charge is 2.01. The summed E-state index contributed by atoms with van der Waals surface area (Å²) in [4.78, 5) is 11.2. The molecular formula is C11H11BrN2O2. The molecule has 1 aromatic rings. The largest absolute Gasteiger partial charge is 0.411 e. The highest BCUT2D eigenvalue weighted by Crippen LogP contribution is 2.16. The number of carbonyl (C=O) groups excluding carboxylic acids is 1. The van der Waals surface area contributed by atoms with Crippen LogP contribution in [0.1, 0.15) is 5.56 Å². The minimum absolute atomic E-state index is 0.470. The quantitative estimate of drug-likeness (QED) is 0.386. The fourth-order valence-corrected chi connectivity index (χ4v) is 1.33. The second kappa shape index (κ2) is 6.79. The molecule has 4 nitrogen and oxygen atoms in total. The van der Waals surface area contributed by atoms with Crippen LogP contribution in [0.4, 0.5) is 5.69 Å². The van der Waals surface area contributed by atoms with Gasteiger partial charge in [-0.2, -0.15) is 0 Å². The molecule has 0 aliphatic rings. The fraction of sp³-hybridized carbons (Fsp3) is 0.0909. The van der Waals surface area contributed by atoms with Gasteiger partial charge in [0, 0.05) is 11.0 Å². The van der Waals surface area contributed by atoms with E-state index in [-0.39, 0.29) is 0 Å². The molecule has 0 atom stereocenters. The monoisotopic (exact) mass is 282 g/mol. The Balaban J connectivity index is 2.86. The summed E-state index contributed by atoms with van der Waals surface area (Å²) >= 11 is 3.28. The molecule has 1 amide bonds. The summed E-state index contributed by atoms with van der Waals surface area (Å²) in [6, 6.07) is 7.35. The Morgan fingerprint density at radius 1 is 1.50 bits per heavy atom. The minimum Gasteiger partial charge on any atom is -0.411 e. The number of benzene rings is 1. The van der Waals surface area contributed by atoms with Crippen molar-refractivity contribution in [3.63, 3.8) is 0 Å². The number of amides is 1. The highest BCUT2D eigenvalue weighted by molar-refractivity contribution is 9.09. The number of nitrogens with zero attached hydrogens (tertiary/aromatic N) is 1. The Hall–Kier alpha value is -1.62. The fourth-order valence-electron chi connectivity index (χ4n) is 1.15. The second-order valence-corrected chi connectivity index (χ2v) is 3.53. The van der Waals surface area contributed by atoms with Gasteiger partial charge in [-0.05, 0) is 11.6 Å². The number of alkyl halides is 1. The van der Waals surface area contributed by atoms with Crippen molar-refractivity contribution >= 4 is 39.8 Å². The summed E-state index contributed by atoms with van der Waals surface area (Å²) in [5, 5.41) is 14.2. The standard InChI is InChI=1S/C11H11BrN2O2/c12-7-3-5-9-4-1-2-6-10(9)14-11(15)8-13-16/h1-6,8,16H,7H2,(H,14,15). The van der Waals surface area contributed by atoms with Crippen LogP contribution in [0.5, 0.6) is 0 Å². The van der Waals surface area contributed by atoms with Gasteiger partial charge < -0.3 is 10.5 Å². The lowest BCUT2D eigenvalue weighted by atomic mass is 10.1. The van der Waals surface area contributed by atoms with Gasteiger partial charge in [-0.3, -0.25) is 4.79 Å². The Bertz CT molecular complexity index is 416. The van der Waals surface area contributed by atoms with E-state index in [4.69, 9.17) is 5.21 Å². The summed E-state index contributed by atoms with van der Waals surface area (Å²) in [5.41, 5.74) is 1.56. The van der Waals surface area contributed by atoms with Crippen molar-refractivity contribution < 1.29 is 10.0 Å². The number of oxime groups is 1. The van der Waals surface area contributed by atoms with Crippen LogP contribution >= 0.6 is 15.9 Å². The molecule has 1 aromatic carbocycles. The van der Waals surface area contributed by atoms with Crippen molar-refractivity contribution in [3.8, 4) is 0 Å². The van der Waals surface area contributed by atoms with Gasteiger partial charge in [0.15, 0.2) is 0 Å². The Labute approximate surface area is 102 Å². The van der Waals surface area contributed by atoms with E-state index in [9.17, 15) is 4.79 Å². The second-order valence-electron chi connectivity index (χ2n) is 2.88. The van der Waals surface area contributed by atoms with Gasteiger partial charge in [0.2, 0.25) is 0 Å². The molecule has 0 aromatic heterocycles. The lowest BCUT2D eigenvalue weighted by molar-refractivity contribution is -0.110. The van der Waals surface area contributed by atoms with E-state index in [0.717, 1.165) is 17.1 Å². The summed E-state index contributed by atoms with van der Waals surface area (Å²) in [7, 11) is 0. The predicted molar refractivity (Wildman–Crippen MR) is 68.2 cm³/mol. The number of hydrogen-bond donors (Lipinski definition) is 2. The molecule has 0 spiro atoms. The number of carbonyl (C=O) groups is 1. The van der Waals surface area contributed by atoms with Crippen LogP contribution in [-0.2, 0) is 4.79 Å². The van der Waals surface area contributed by atoms with Crippen molar-refractivity contribution in [2.45, 2.75) is 0 Å². The number of nitrogens with one attached hydrogen (secondary N) is 1. The average molecular weight is 283 g/mol. The van der Waals surface area contributed by atoms with E-state index < -0.39 is 5.91 Å². The van der Waals surface area contributed by atoms with E-state index in [1.165, 1.54) is 0 Å². The smallest absolute Gasteiger partial charge is 0.270 e. The number of rotatable bonds is 4. The van der Waals surface area contributed by atoms with Gasteiger partial charge in [0.25, 0.3) is 5.91 Å². The maximum absolute atomic E-state index is 11.2. The molecule has 2 N–H and O–H groups in total. The van der Waals surface area contributed by atoms with E-state index in [1.807, 2.05) is 30.4 Å². The Morgan fingerprint density at radius 3 is 2.94 bits per heavy atom. The Morgan fingerprint density at radius 2 is 2.25 bits per heavy atom. The number of halogens is 1. The molecule has 0 radical (unpaired) electrons. The van der Waals surface area contributed by atoms with Gasteiger partial charge in [-0.15, -0.1) is 0 Å². The first kappa shape index (κ1) is 12.4. The van der Waals surface area contributed by atoms with Gasteiger partial charge >= 0.3 is 0 Å². The molecule has 5 heteroatoms. The summed E-state index contributed by atoms with van der Waals surface area (Å²) in [6.45, 7) is 0. The highest BCUT2D eigenvalue weighted by atomic mass is 79.9. The van der Waals surface area contributed by atoms with Crippen molar-refractivity contribution in [2.75, 3.05) is 10.6 Å². The average Bonchev–Trinajstić information content (AvgIpc) is 2.28. The molecule has 0 saturated carbocycles. The van der Waals surface area contributed by atoms with E-state index in [0.29, 0.717) is 5.69 Å². The lowest BCUT2D eigenvalue weighted by Crippen LogP contribution is -2.13. The van der Waals surface area contributed by atoms with Gasteiger partial charge in [-0.1, -0.05) is 51.4 Å². The third-order valence-electron chi connectivity index (χ3n) is 1.78. The molecule has 0 saturated heterocycles. The first-order chi connectivity index (χ1) is 7.77. The molecule has 0 aliphatic carbocycles. The number of hydrogen-bond acceptors (Lipinski definition) is 3. The lowest BCUT2D eigenvalue weighted by Gasteiger charge is -2.05. The number of allylic oxidation sites excluding steroid dienone is 1. The predicted octanol–water partition coefficient (Wildman–Crippen LogP) is 2.49. The third-order valence-corrected chi connectivity index (χ3v) is 2.15. The van der Waals surface area contributed by atoms with E-state index in [1.54, 1.807) is 6.07 Å². The van der Waals surface area contributed by atoms with Crippen LogP contribution < -0.4 is 5.32 Å². The molecule has 0 heterocycles. The summed E-state index contributed by atoms with van der Waals surface area (Å²) in [5.74, 6) is -0.470. The Kier molecular flexibility index (Phi) is 5.28. The number of para-hydroxylation sites is 1. The SMILES string of the molecule is O=C(C=NO)Nc1ccccc1C=CCBr. The molecule has 0 fully saturated rings. The molecule has 16 heavy (non-hydrogen) atoms. The zero-order valence-electron chi connectivity index (χ0n) is 8.43. The summed E-state index contributed by atoms with van der Waals surface area (Å²) in [6.07, 6.45) is 4.62. The van der Waals surface area contributed by atoms with E-state index in [2.05, 4.69) is 26.4 Å². The van der Waals surface area contributed by atoms with Crippen molar-refractivity contribution in [1.82, 2.24) is 0 Å². The summed E-state index contributed by atoms with van der Waals surface area (Å²) < 4.78 is 0. The van der Waals surface area contributed by atoms with Crippen LogP contribution in [0.15, 0.2) is 35.5 Å². The maximum Gasteiger partial charge on any atom is 0.270 e. The molecule has 0 bridgehead atoms. The molecule has 0 aliphatic heterocycles. The normalized spacial score (nSPS) is 11.1. The van der Waals surface area contributed by atoms with Gasteiger partial charge in [-0.25, -0.2) is 0 Å². The van der Waals surface area contributed by atoms with Crippen LogP contribution in [0.3, 0.4) is 0 Å². The first-order valence-electron chi connectivity index (χ1n) is 4.58. The molecule has 1 rings (SSSR count). The zero-order chi connectivity index (χ0) is 11.8. The minimum atomic E-state index is -0.470. The molecular weight excluding hydrogens is 272 g/mol. The zero-order valence-corrected chi connectivity index (χ0v) is 10.0. The van der Waals surface area contributed by atoms with Gasteiger partial charge in [0.05, 0.1) is 0 Å². The molecule has 84 valence electrons. The van der Waals surface area contributed by atoms with Crippen LogP contribution in [0.2, 0.25) is 0 Å². The maximum atomic E-state index is 11.2. The molecule has 0 unspecified atom stereocenters. The van der Waals surface area contributed by atoms with Crippen molar-refractivity contribution in [1.29, 1.82) is 0 Å². The van der Waals surface area contributed by atoms with Crippen molar-refractivity contribution in [2.24, 2.45) is 5.16 Å². The van der Waals surface area contributed by atoms with Crippen LogP contribution in [-0.4, -0.2) is 22.7 Å².